The number of ether oxygens (including phenoxy) is 1. The lowest BCUT2D eigenvalue weighted by atomic mass is 9.96. The number of nitriles is 1. The molecule has 1 aliphatic heterocycles. The van der Waals surface area contributed by atoms with E-state index >= 15 is 0 Å². The number of carbonyl (C=O) groups is 1. The second-order valence-electron chi connectivity index (χ2n) is 9.47. The first-order valence-electron chi connectivity index (χ1n) is 11.7. The number of halogens is 6. The standard InChI is InChI=1S/C27H22F6N4O2/c1-25(2,22-7-4-8-23(35-22)26(28,29)30)36-20-14-21(17-5-3-6-19(13-17)39-27(31,32)33)37(24(20)38)18-11-9-16(15-34)10-12-18/h3-13,20-21,36H,14H2,1-2H3/t20-,21-/m1/s1. The first-order valence-corrected chi connectivity index (χ1v) is 11.7. The van der Waals surface area contributed by atoms with E-state index in [-0.39, 0.29) is 12.1 Å². The Kier molecular flexibility index (Phi) is 7.32. The summed E-state index contributed by atoms with van der Waals surface area (Å²) in [5, 5.41) is 12.2. The molecule has 1 amide bonds. The molecule has 0 spiro atoms. The number of aromatic nitrogens is 1. The van der Waals surface area contributed by atoms with Crippen molar-refractivity contribution in [1.29, 1.82) is 5.26 Å². The number of rotatable bonds is 6. The van der Waals surface area contributed by atoms with Crippen molar-refractivity contribution in [3.8, 4) is 11.8 Å². The monoisotopic (exact) mass is 548 g/mol. The molecule has 1 fully saturated rings. The van der Waals surface area contributed by atoms with Crippen molar-refractivity contribution in [3.63, 3.8) is 0 Å². The van der Waals surface area contributed by atoms with Crippen LogP contribution in [-0.4, -0.2) is 23.3 Å². The molecule has 0 aliphatic carbocycles. The molecule has 0 unspecified atom stereocenters. The average Bonchev–Trinajstić information content (AvgIpc) is 3.18. The zero-order chi connectivity index (χ0) is 28.6. The van der Waals surface area contributed by atoms with Gasteiger partial charge in [-0.3, -0.25) is 10.1 Å². The fraction of sp³-hybridized carbons (Fsp3) is 0.296. The van der Waals surface area contributed by atoms with E-state index in [2.05, 4.69) is 15.0 Å². The van der Waals surface area contributed by atoms with Gasteiger partial charge in [-0.1, -0.05) is 18.2 Å². The van der Waals surface area contributed by atoms with E-state index in [9.17, 15) is 31.1 Å². The number of amides is 1. The third-order valence-electron chi connectivity index (χ3n) is 6.27. The summed E-state index contributed by atoms with van der Waals surface area (Å²) in [5.74, 6) is -0.913. The van der Waals surface area contributed by atoms with E-state index in [0.29, 0.717) is 16.8 Å². The number of hydrogen-bond acceptors (Lipinski definition) is 5. The van der Waals surface area contributed by atoms with Crippen molar-refractivity contribution in [2.75, 3.05) is 4.90 Å². The summed E-state index contributed by atoms with van der Waals surface area (Å²) in [4.78, 5) is 18.8. The van der Waals surface area contributed by atoms with Crippen LogP contribution in [0.4, 0.5) is 32.0 Å². The van der Waals surface area contributed by atoms with E-state index in [4.69, 9.17) is 5.26 Å². The molecular formula is C27H22F6N4O2. The Morgan fingerprint density at radius 1 is 0.974 bits per heavy atom. The van der Waals surface area contributed by atoms with Crippen LogP contribution in [0.15, 0.2) is 66.7 Å². The summed E-state index contributed by atoms with van der Waals surface area (Å²) in [6.45, 7) is 3.17. The van der Waals surface area contributed by atoms with Crippen LogP contribution in [0.25, 0.3) is 0 Å². The van der Waals surface area contributed by atoms with Crippen LogP contribution in [0.3, 0.4) is 0 Å². The van der Waals surface area contributed by atoms with E-state index in [0.717, 1.165) is 12.1 Å². The number of carbonyl (C=O) groups excluding carboxylic acids is 1. The molecule has 2 atom stereocenters. The highest BCUT2D eigenvalue weighted by Crippen LogP contribution is 2.40. The highest BCUT2D eigenvalue weighted by molar-refractivity contribution is 6.00. The first-order chi connectivity index (χ1) is 18.2. The van der Waals surface area contributed by atoms with Crippen LogP contribution in [0, 0.1) is 11.3 Å². The van der Waals surface area contributed by atoms with Crippen molar-refractivity contribution in [1.82, 2.24) is 10.3 Å². The Bertz CT molecular complexity index is 1400. The van der Waals surface area contributed by atoms with E-state index in [1.807, 2.05) is 6.07 Å². The second kappa shape index (κ2) is 10.2. The van der Waals surface area contributed by atoms with Gasteiger partial charge in [0.25, 0.3) is 0 Å². The number of benzene rings is 2. The molecule has 1 aromatic heterocycles. The van der Waals surface area contributed by atoms with Gasteiger partial charge in [-0.2, -0.15) is 18.4 Å². The lowest BCUT2D eigenvalue weighted by molar-refractivity contribution is -0.274. The number of nitrogens with one attached hydrogen (secondary N) is 1. The lowest BCUT2D eigenvalue weighted by Gasteiger charge is -2.29. The molecule has 1 N–H and O–H groups in total. The van der Waals surface area contributed by atoms with Gasteiger partial charge in [-0.05, 0) is 74.4 Å². The van der Waals surface area contributed by atoms with Gasteiger partial charge < -0.3 is 9.64 Å². The molecule has 2 aromatic carbocycles. The second-order valence-corrected chi connectivity index (χ2v) is 9.47. The summed E-state index contributed by atoms with van der Waals surface area (Å²) < 4.78 is 82.3. The maximum atomic E-state index is 13.7. The summed E-state index contributed by atoms with van der Waals surface area (Å²) in [5.41, 5.74) is -1.12. The van der Waals surface area contributed by atoms with Crippen molar-refractivity contribution in [2.24, 2.45) is 0 Å². The Hall–Kier alpha value is -4.11. The van der Waals surface area contributed by atoms with Gasteiger partial charge in [-0.25, -0.2) is 4.98 Å². The smallest absolute Gasteiger partial charge is 0.406 e. The zero-order valence-corrected chi connectivity index (χ0v) is 20.6. The number of anilines is 1. The van der Waals surface area contributed by atoms with E-state index in [1.165, 1.54) is 41.3 Å². The number of nitrogens with zero attached hydrogens (tertiary/aromatic N) is 3. The molecule has 2 heterocycles. The Balaban J connectivity index is 1.69. The fourth-order valence-corrected chi connectivity index (χ4v) is 4.53. The van der Waals surface area contributed by atoms with Gasteiger partial charge in [0.2, 0.25) is 5.91 Å². The number of pyridine rings is 1. The molecule has 3 aromatic rings. The van der Waals surface area contributed by atoms with Gasteiger partial charge in [0.15, 0.2) is 0 Å². The normalized spacial score (nSPS) is 18.2. The number of alkyl halides is 6. The molecule has 4 rings (SSSR count). The van der Waals surface area contributed by atoms with Crippen LogP contribution < -0.4 is 15.0 Å². The molecule has 12 heteroatoms. The third-order valence-corrected chi connectivity index (χ3v) is 6.27. The quantitative estimate of drug-likeness (QED) is 0.369. The summed E-state index contributed by atoms with van der Waals surface area (Å²) >= 11 is 0. The molecule has 1 saturated heterocycles. The predicted molar refractivity (Wildman–Crippen MR) is 128 cm³/mol. The Labute approximate surface area is 219 Å². The SMILES string of the molecule is CC(C)(N[C@@H]1C[C@H](c2cccc(OC(F)(F)F)c2)N(c2ccc(C#N)cc2)C1=O)c1cccc(C(F)(F)F)n1. The topological polar surface area (TPSA) is 78.2 Å². The van der Waals surface area contributed by atoms with E-state index in [1.54, 1.807) is 32.0 Å². The van der Waals surface area contributed by atoms with Gasteiger partial charge in [0.05, 0.1) is 34.9 Å². The van der Waals surface area contributed by atoms with Crippen molar-refractivity contribution in [2.45, 2.75) is 50.4 Å². The molecule has 39 heavy (non-hydrogen) atoms. The molecule has 1 aliphatic rings. The predicted octanol–water partition coefficient (Wildman–Crippen LogP) is 6.24. The summed E-state index contributed by atoms with van der Waals surface area (Å²) in [7, 11) is 0. The molecule has 0 saturated carbocycles. The molecule has 0 radical (unpaired) electrons. The van der Waals surface area contributed by atoms with Crippen molar-refractivity contribution < 1.29 is 35.9 Å². The lowest BCUT2D eigenvalue weighted by Crippen LogP contribution is -2.48. The Morgan fingerprint density at radius 2 is 1.62 bits per heavy atom. The molecule has 0 bridgehead atoms. The Morgan fingerprint density at radius 3 is 2.23 bits per heavy atom. The van der Waals surface area contributed by atoms with Crippen LogP contribution in [0.2, 0.25) is 0 Å². The minimum absolute atomic E-state index is 0.0547. The zero-order valence-electron chi connectivity index (χ0n) is 20.6. The highest BCUT2D eigenvalue weighted by Gasteiger charge is 2.44. The average molecular weight is 548 g/mol. The largest absolute Gasteiger partial charge is 0.573 e. The maximum absolute atomic E-state index is 13.7. The summed E-state index contributed by atoms with van der Waals surface area (Å²) in [6, 6.07) is 15.1. The minimum atomic E-state index is -4.91. The fourth-order valence-electron chi connectivity index (χ4n) is 4.53. The van der Waals surface area contributed by atoms with Crippen LogP contribution in [0.1, 0.15) is 48.8 Å². The first kappa shape index (κ1) is 27.9. The molecule has 204 valence electrons. The van der Waals surface area contributed by atoms with Crippen molar-refractivity contribution in [3.05, 3.63) is 89.2 Å². The van der Waals surface area contributed by atoms with Gasteiger partial charge in [-0.15, -0.1) is 13.2 Å². The van der Waals surface area contributed by atoms with Gasteiger partial charge in [0, 0.05) is 5.69 Å². The number of hydrogen-bond donors (Lipinski definition) is 1. The third kappa shape index (κ3) is 6.31. The van der Waals surface area contributed by atoms with Crippen LogP contribution in [-0.2, 0) is 16.5 Å². The molecular weight excluding hydrogens is 526 g/mol. The van der Waals surface area contributed by atoms with Crippen LogP contribution >= 0.6 is 0 Å². The van der Waals surface area contributed by atoms with Crippen molar-refractivity contribution >= 4 is 11.6 Å². The maximum Gasteiger partial charge on any atom is 0.573 e. The van der Waals surface area contributed by atoms with Gasteiger partial charge in [0.1, 0.15) is 11.4 Å². The highest BCUT2D eigenvalue weighted by atomic mass is 19.4. The van der Waals surface area contributed by atoms with E-state index < -0.39 is 47.5 Å². The molecule has 6 nitrogen and oxygen atoms in total. The minimum Gasteiger partial charge on any atom is -0.406 e. The summed E-state index contributed by atoms with van der Waals surface area (Å²) in [6.07, 6.45) is -9.49. The van der Waals surface area contributed by atoms with Gasteiger partial charge >= 0.3 is 12.5 Å². The van der Waals surface area contributed by atoms with Crippen LogP contribution in [0.5, 0.6) is 5.75 Å².